The molecule has 0 bridgehead atoms. The molecule has 2 aromatic rings. The molecule has 0 radical (unpaired) electrons. The van der Waals surface area contributed by atoms with Gasteiger partial charge in [0.2, 0.25) is 0 Å². The van der Waals surface area contributed by atoms with Gasteiger partial charge in [0, 0.05) is 42.0 Å². The lowest BCUT2D eigenvalue weighted by molar-refractivity contribution is 0.122. The number of thioether (sulfide) groups is 1. The van der Waals surface area contributed by atoms with E-state index >= 15 is 0 Å². The molecule has 3 aliphatic heterocycles. The smallest absolute Gasteiger partial charge is 0.159 e. The SMILES string of the molecule is CCN(CC)CCCN1C(c2cccc(N3CCOCC3)c2)=CN2c3ccccc3SC12. The number of fused-ring (bicyclic) bond motifs is 3. The number of hydrogen-bond donors (Lipinski definition) is 0. The molecule has 2 aromatic carbocycles. The molecule has 1 fully saturated rings. The van der Waals surface area contributed by atoms with Gasteiger partial charge < -0.3 is 24.3 Å². The fourth-order valence-electron chi connectivity index (χ4n) is 4.89. The Morgan fingerprint density at radius 1 is 1.03 bits per heavy atom. The Bertz CT molecular complexity index is 954. The second-order valence-electron chi connectivity index (χ2n) is 8.56. The van der Waals surface area contributed by atoms with Crippen molar-refractivity contribution >= 4 is 28.8 Å². The number of ether oxygens (including phenoxy) is 1. The van der Waals surface area contributed by atoms with Crippen molar-refractivity contribution in [1.82, 2.24) is 9.80 Å². The van der Waals surface area contributed by atoms with Gasteiger partial charge >= 0.3 is 0 Å². The predicted octanol–water partition coefficient (Wildman–Crippen LogP) is 4.77. The first-order valence-electron chi connectivity index (χ1n) is 12.0. The van der Waals surface area contributed by atoms with Gasteiger partial charge in [-0.2, -0.15) is 0 Å². The highest BCUT2D eigenvalue weighted by Crippen LogP contribution is 2.50. The van der Waals surface area contributed by atoms with Crippen LogP contribution in [-0.2, 0) is 4.74 Å². The van der Waals surface area contributed by atoms with Crippen LogP contribution in [0.15, 0.2) is 59.6 Å². The predicted molar refractivity (Wildman–Crippen MR) is 135 cm³/mol. The van der Waals surface area contributed by atoms with Crippen LogP contribution in [0.1, 0.15) is 25.8 Å². The number of morpholine rings is 1. The summed E-state index contributed by atoms with van der Waals surface area (Å²) in [5.74, 6) is 0. The third-order valence-electron chi connectivity index (χ3n) is 6.74. The lowest BCUT2D eigenvalue weighted by Crippen LogP contribution is -2.37. The molecule has 32 heavy (non-hydrogen) atoms. The first-order chi connectivity index (χ1) is 15.8. The first kappa shape index (κ1) is 21.7. The maximum Gasteiger partial charge on any atom is 0.159 e. The van der Waals surface area contributed by atoms with Gasteiger partial charge in [-0.05, 0) is 50.3 Å². The summed E-state index contributed by atoms with van der Waals surface area (Å²) in [6.45, 7) is 12.5. The first-order valence-corrected chi connectivity index (χ1v) is 12.8. The number of benzene rings is 2. The average molecular weight is 451 g/mol. The summed E-state index contributed by atoms with van der Waals surface area (Å²) in [6, 6.07) is 17.9. The molecule has 0 saturated carbocycles. The topological polar surface area (TPSA) is 22.2 Å². The monoisotopic (exact) mass is 450 g/mol. The van der Waals surface area contributed by atoms with E-state index in [1.165, 1.54) is 34.0 Å². The number of nitrogens with zero attached hydrogens (tertiary/aromatic N) is 4. The normalized spacial score (nSPS) is 20.0. The van der Waals surface area contributed by atoms with E-state index in [4.69, 9.17) is 4.74 Å². The number of anilines is 2. The van der Waals surface area contributed by atoms with Crippen molar-refractivity contribution in [2.75, 3.05) is 62.3 Å². The molecule has 5 rings (SSSR count). The van der Waals surface area contributed by atoms with E-state index in [0.29, 0.717) is 5.50 Å². The highest BCUT2D eigenvalue weighted by molar-refractivity contribution is 8.00. The van der Waals surface area contributed by atoms with Gasteiger partial charge in [-0.3, -0.25) is 0 Å². The molecule has 0 N–H and O–H groups in total. The zero-order chi connectivity index (χ0) is 21.9. The van der Waals surface area contributed by atoms with E-state index in [-0.39, 0.29) is 0 Å². The van der Waals surface area contributed by atoms with Gasteiger partial charge in [-0.1, -0.05) is 49.9 Å². The van der Waals surface area contributed by atoms with Crippen LogP contribution in [0.2, 0.25) is 0 Å². The molecule has 3 heterocycles. The number of para-hydroxylation sites is 1. The second-order valence-corrected chi connectivity index (χ2v) is 9.65. The maximum absolute atomic E-state index is 5.56. The van der Waals surface area contributed by atoms with E-state index in [9.17, 15) is 0 Å². The Kier molecular flexibility index (Phi) is 6.62. The average Bonchev–Trinajstić information content (AvgIpc) is 3.39. The lowest BCUT2D eigenvalue weighted by Gasteiger charge is -2.31. The van der Waals surface area contributed by atoms with Crippen molar-refractivity contribution in [3.05, 3.63) is 60.3 Å². The maximum atomic E-state index is 5.56. The van der Waals surface area contributed by atoms with Crippen molar-refractivity contribution in [3.8, 4) is 0 Å². The summed E-state index contributed by atoms with van der Waals surface area (Å²) < 4.78 is 5.56. The molecule has 170 valence electrons. The fraction of sp³-hybridized carbons (Fsp3) is 0.462. The van der Waals surface area contributed by atoms with Crippen LogP contribution in [0.4, 0.5) is 11.4 Å². The van der Waals surface area contributed by atoms with Gasteiger partial charge in [0.05, 0.1) is 24.6 Å². The molecule has 0 amide bonds. The zero-order valence-corrected chi connectivity index (χ0v) is 20.1. The third-order valence-corrected chi connectivity index (χ3v) is 8.03. The zero-order valence-electron chi connectivity index (χ0n) is 19.2. The minimum Gasteiger partial charge on any atom is -0.378 e. The van der Waals surface area contributed by atoms with E-state index in [0.717, 1.165) is 52.5 Å². The van der Waals surface area contributed by atoms with Crippen molar-refractivity contribution < 1.29 is 4.74 Å². The Balaban J connectivity index is 1.42. The molecule has 0 aliphatic carbocycles. The molecule has 1 atom stereocenters. The summed E-state index contributed by atoms with van der Waals surface area (Å²) in [5.41, 5.74) is 5.59. The standard InChI is InChI=1S/C26H34N4OS/c1-3-27(4-2)13-8-14-29-24(20-30-23-11-5-6-12-25(23)32-26(29)30)21-9-7-10-22(19-21)28-15-17-31-18-16-28/h5-7,9-12,19-20,26H,3-4,8,13-18H2,1-2H3. The van der Waals surface area contributed by atoms with Crippen LogP contribution in [0, 0.1) is 0 Å². The summed E-state index contributed by atoms with van der Waals surface area (Å²) in [4.78, 5) is 11.4. The third kappa shape index (κ3) is 4.24. The summed E-state index contributed by atoms with van der Waals surface area (Å²) >= 11 is 1.98. The van der Waals surface area contributed by atoms with E-state index < -0.39 is 0 Å². The van der Waals surface area contributed by atoms with Gasteiger partial charge in [0.1, 0.15) is 0 Å². The molecule has 1 unspecified atom stereocenters. The van der Waals surface area contributed by atoms with Gasteiger partial charge in [0.25, 0.3) is 0 Å². The van der Waals surface area contributed by atoms with Crippen LogP contribution in [0.5, 0.6) is 0 Å². The fourth-order valence-corrected chi connectivity index (χ4v) is 6.20. The van der Waals surface area contributed by atoms with Gasteiger partial charge in [-0.15, -0.1) is 0 Å². The highest BCUT2D eigenvalue weighted by atomic mass is 32.2. The molecule has 3 aliphatic rings. The van der Waals surface area contributed by atoms with Crippen LogP contribution < -0.4 is 9.80 Å². The van der Waals surface area contributed by atoms with Gasteiger partial charge in [0.15, 0.2) is 5.50 Å². The van der Waals surface area contributed by atoms with Crippen LogP contribution in [0.25, 0.3) is 5.70 Å². The highest BCUT2D eigenvalue weighted by Gasteiger charge is 2.39. The van der Waals surface area contributed by atoms with Crippen molar-refractivity contribution in [1.29, 1.82) is 0 Å². The van der Waals surface area contributed by atoms with Crippen molar-refractivity contribution in [3.63, 3.8) is 0 Å². The Labute approximate surface area is 196 Å². The summed E-state index contributed by atoms with van der Waals surface area (Å²) in [5, 5.41) is 0. The van der Waals surface area contributed by atoms with E-state index in [2.05, 4.69) is 88.2 Å². The summed E-state index contributed by atoms with van der Waals surface area (Å²) in [7, 11) is 0. The minimum atomic E-state index is 0.311. The minimum absolute atomic E-state index is 0.311. The second kappa shape index (κ2) is 9.77. The van der Waals surface area contributed by atoms with Crippen molar-refractivity contribution in [2.24, 2.45) is 0 Å². The molecule has 0 aromatic heterocycles. The number of hydrogen-bond acceptors (Lipinski definition) is 6. The Morgan fingerprint density at radius 2 is 1.84 bits per heavy atom. The van der Waals surface area contributed by atoms with E-state index in [1.807, 2.05) is 11.8 Å². The molecular weight excluding hydrogens is 416 g/mol. The molecular formula is C26H34N4OS. The van der Waals surface area contributed by atoms with Crippen LogP contribution in [0.3, 0.4) is 0 Å². The van der Waals surface area contributed by atoms with Crippen LogP contribution in [-0.4, -0.2) is 67.8 Å². The Morgan fingerprint density at radius 3 is 2.66 bits per heavy atom. The van der Waals surface area contributed by atoms with Crippen molar-refractivity contribution in [2.45, 2.75) is 30.7 Å². The molecule has 5 nitrogen and oxygen atoms in total. The van der Waals surface area contributed by atoms with Gasteiger partial charge in [-0.25, -0.2) is 0 Å². The molecule has 6 heteroatoms. The Hall–Kier alpha value is -2.15. The molecule has 1 saturated heterocycles. The number of rotatable bonds is 8. The molecule has 0 spiro atoms. The lowest BCUT2D eigenvalue weighted by atomic mass is 10.1. The van der Waals surface area contributed by atoms with E-state index in [1.54, 1.807) is 0 Å². The quantitative estimate of drug-likeness (QED) is 0.574. The van der Waals surface area contributed by atoms with Crippen LogP contribution >= 0.6 is 11.8 Å². The summed E-state index contributed by atoms with van der Waals surface area (Å²) in [6.07, 6.45) is 3.54. The largest absolute Gasteiger partial charge is 0.378 e.